The second-order valence-corrected chi connectivity index (χ2v) is 4.22. The molecule has 1 amide bonds. The SMILES string of the molecule is N#CCCNC(=O)COc1c(Cl)cccc1CCN. The van der Waals surface area contributed by atoms with Gasteiger partial charge in [0.2, 0.25) is 0 Å². The molecule has 0 aromatic heterocycles. The number of carbonyl (C=O) groups is 1. The zero-order valence-corrected chi connectivity index (χ0v) is 11.2. The smallest absolute Gasteiger partial charge is 0.257 e. The van der Waals surface area contributed by atoms with Gasteiger partial charge in [0.25, 0.3) is 5.91 Å². The second kappa shape index (κ2) is 8.35. The molecule has 5 nitrogen and oxygen atoms in total. The Morgan fingerprint density at radius 1 is 1.53 bits per heavy atom. The Kier molecular flexibility index (Phi) is 6.72. The minimum absolute atomic E-state index is 0.132. The van der Waals surface area contributed by atoms with E-state index in [1.54, 1.807) is 6.07 Å². The zero-order chi connectivity index (χ0) is 14.1. The molecule has 0 unspecified atom stereocenters. The third kappa shape index (κ3) is 5.16. The lowest BCUT2D eigenvalue weighted by atomic mass is 10.1. The van der Waals surface area contributed by atoms with Crippen molar-refractivity contribution in [1.82, 2.24) is 5.32 Å². The van der Waals surface area contributed by atoms with Crippen LogP contribution in [0.2, 0.25) is 5.02 Å². The lowest BCUT2D eigenvalue weighted by molar-refractivity contribution is -0.123. The van der Waals surface area contributed by atoms with Crippen LogP contribution in [0, 0.1) is 11.3 Å². The van der Waals surface area contributed by atoms with Crippen LogP contribution in [0.25, 0.3) is 0 Å². The van der Waals surface area contributed by atoms with Gasteiger partial charge in [-0.1, -0.05) is 23.7 Å². The van der Waals surface area contributed by atoms with Crippen molar-refractivity contribution < 1.29 is 9.53 Å². The monoisotopic (exact) mass is 281 g/mol. The fourth-order valence-electron chi connectivity index (χ4n) is 1.51. The minimum atomic E-state index is -0.283. The van der Waals surface area contributed by atoms with E-state index in [0.29, 0.717) is 30.3 Å². The maximum Gasteiger partial charge on any atom is 0.257 e. The van der Waals surface area contributed by atoms with Crippen LogP contribution in [0.1, 0.15) is 12.0 Å². The Hall–Kier alpha value is -1.77. The lowest BCUT2D eigenvalue weighted by Gasteiger charge is -2.12. The van der Waals surface area contributed by atoms with Crippen molar-refractivity contribution in [3.8, 4) is 11.8 Å². The Morgan fingerprint density at radius 2 is 2.32 bits per heavy atom. The summed E-state index contributed by atoms with van der Waals surface area (Å²) in [4.78, 5) is 11.5. The van der Waals surface area contributed by atoms with Crippen LogP contribution in [0.3, 0.4) is 0 Å². The summed E-state index contributed by atoms with van der Waals surface area (Å²) in [5.74, 6) is 0.207. The number of nitrogens with two attached hydrogens (primary N) is 1. The Morgan fingerprint density at radius 3 is 3.00 bits per heavy atom. The molecule has 0 bridgehead atoms. The molecule has 0 atom stereocenters. The van der Waals surface area contributed by atoms with Crippen LogP contribution in [-0.2, 0) is 11.2 Å². The molecule has 102 valence electrons. The van der Waals surface area contributed by atoms with Gasteiger partial charge in [-0.15, -0.1) is 0 Å². The van der Waals surface area contributed by atoms with Gasteiger partial charge in [-0.3, -0.25) is 4.79 Å². The van der Waals surface area contributed by atoms with E-state index < -0.39 is 0 Å². The van der Waals surface area contributed by atoms with Crippen molar-refractivity contribution in [1.29, 1.82) is 5.26 Å². The van der Waals surface area contributed by atoms with Crippen molar-refractivity contribution in [2.24, 2.45) is 5.73 Å². The van der Waals surface area contributed by atoms with E-state index in [9.17, 15) is 4.79 Å². The predicted molar refractivity (Wildman–Crippen MR) is 72.9 cm³/mol. The first-order valence-corrected chi connectivity index (χ1v) is 6.30. The Balaban J connectivity index is 2.57. The number of amides is 1. The van der Waals surface area contributed by atoms with Gasteiger partial charge < -0.3 is 15.8 Å². The van der Waals surface area contributed by atoms with Gasteiger partial charge >= 0.3 is 0 Å². The number of benzene rings is 1. The number of nitrogens with zero attached hydrogens (tertiary/aromatic N) is 1. The molecule has 19 heavy (non-hydrogen) atoms. The van der Waals surface area contributed by atoms with E-state index in [2.05, 4.69) is 5.32 Å². The van der Waals surface area contributed by atoms with Crippen molar-refractivity contribution in [3.05, 3.63) is 28.8 Å². The summed E-state index contributed by atoms with van der Waals surface area (Å²) in [5, 5.41) is 11.4. The molecule has 0 saturated carbocycles. The first kappa shape index (κ1) is 15.3. The van der Waals surface area contributed by atoms with Crippen LogP contribution in [0.5, 0.6) is 5.75 Å². The van der Waals surface area contributed by atoms with E-state index >= 15 is 0 Å². The summed E-state index contributed by atoms with van der Waals surface area (Å²) < 4.78 is 5.43. The molecule has 1 aromatic rings. The lowest BCUT2D eigenvalue weighted by Crippen LogP contribution is -2.29. The first-order valence-electron chi connectivity index (χ1n) is 5.93. The highest BCUT2D eigenvalue weighted by molar-refractivity contribution is 6.32. The number of rotatable bonds is 7. The molecular formula is C13H16ClN3O2. The number of ether oxygens (including phenoxy) is 1. The number of halogens is 1. The van der Waals surface area contributed by atoms with Crippen LogP contribution < -0.4 is 15.8 Å². The number of hydrogen-bond acceptors (Lipinski definition) is 4. The molecule has 0 aliphatic carbocycles. The van der Waals surface area contributed by atoms with E-state index in [0.717, 1.165) is 5.56 Å². The van der Waals surface area contributed by atoms with Crippen molar-refractivity contribution in [2.45, 2.75) is 12.8 Å². The van der Waals surface area contributed by atoms with Crippen molar-refractivity contribution in [2.75, 3.05) is 19.7 Å². The maximum absolute atomic E-state index is 11.5. The highest BCUT2D eigenvalue weighted by atomic mass is 35.5. The molecule has 0 radical (unpaired) electrons. The summed E-state index contributed by atoms with van der Waals surface area (Å²) in [7, 11) is 0. The molecule has 0 fully saturated rings. The van der Waals surface area contributed by atoms with Crippen LogP contribution in [0.15, 0.2) is 18.2 Å². The van der Waals surface area contributed by atoms with Gasteiger partial charge in [0.1, 0.15) is 5.75 Å². The zero-order valence-electron chi connectivity index (χ0n) is 10.5. The number of para-hydroxylation sites is 1. The molecule has 0 heterocycles. The van der Waals surface area contributed by atoms with Gasteiger partial charge in [0.05, 0.1) is 17.5 Å². The van der Waals surface area contributed by atoms with E-state index in [1.807, 2.05) is 18.2 Å². The molecule has 0 saturated heterocycles. The van der Waals surface area contributed by atoms with Gasteiger partial charge in [-0.2, -0.15) is 5.26 Å². The average Bonchev–Trinajstić information content (AvgIpc) is 2.39. The molecule has 1 rings (SSSR count). The summed E-state index contributed by atoms with van der Waals surface area (Å²) >= 11 is 6.03. The third-order valence-corrected chi connectivity index (χ3v) is 2.67. The molecule has 0 aliphatic rings. The fourth-order valence-corrected chi connectivity index (χ4v) is 1.76. The quantitative estimate of drug-likeness (QED) is 0.736. The summed E-state index contributed by atoms with van der Waals surface area (Å²) in [6.45, 7) is 0.661. The number of nitriles is 1. The normalized spacial score (nSPS) is 9.74. The first-order chi connectivity index (χ1) is 9.19. The third-order valence-electron chi connectivity index (χ3n) is 2.37. The number of hydrogen-bond donors (Lipinski definition) is 2. The molecule has 1 aromatic carbocycles. The number of carbonyl (C=O) groups excluding carboxylic acids is 1. The van der Waals surface area contributed by atoms with Crippen LogP contribution >= 0.6 is 11.6 Å². The standard InChI is InChI=1S/C13H16ClN3O2/c14-11-4-1-3-10(5-7-16)13(11)19-9-12(18)17-8-2-6-15/h1,3-4H,2,5,7-9,16H2,(H,17,18). The Labute approximate surface area is 117 Å². The topological polar surface area (TPSA) is 88.1 Å². The molecular weight excluding hydrogens is 266 g/mol. The summed E-state index contributed by atoms with van der Waals surface area (Å²) in [5.41, 5.74) is 6.38. The molecule has 0 spiro atoms. The molecule has 6 heteroatoms. The average molecular weight is 282 g/mol. The second-order valence-electron chi connectivity index (χ2n) is 3.81. The fraction of sp³-hybridized carbons (Fsp3) is 0.385. The Bertz CT molecular complexity index is 471. The highest BCUT2D eigenvalue weighted by Crippen LogP contribution is 2.28. The van der Waals surface area contributed by atoms with Crippen molar-refractivity contribution >= 4 is 17.5 Å². The highest BCUT2D eigenvalue weighted by Gasteiger charge is 2.10. The summed E-state index contributed by atoms with van der Waals surface area (Å²) in [6, 6.07) is 7.32. The van der Waals surface area contributed by atoms with E-state index in [1.165, 1.54) is 0 Å². The van der Waals surface area contributed by atoms with Crippen molar-refractivity contribution in [3.63, 3.8) is 0 Å². The largest absolute Gasteiger partial charge is 0.482 e. The van der Waals surface area contributed by atoms with Crippen LogP contribution in [-0.4, -0.2) is 25.6 Å². The van der Waals surface area contributed by atoms with Gasteiger partial charge in [0.15, 0.2) is 6.61 Å². The van der Waals surface area contributed by atoms with E-state index in [4.69, 9.17) is 27.3 Å². The maximum atomic E-state index is 11.5. The number of nitrogens with one attached hydrogen (secondary N) is 1. The molecule has 3 N–H and O–H groups in total. The van der Waals surface area contributed by atoms with Gasteiger partial charge in [-0.25, -0.2) is 0 Å². The predicted octanol–water partition coefficient (Wildman–Crippen LogP) is 1.25. The van der Waals surface area contributed by atoms with Gasteiger partial charge in [0, 0.05) is 6.54 Å². The summed E-state index contributed by atoms with van der Waals surface area (Å²) in [6.07, 6.45) is 0.905. The minimum Gasteiger partial charge on any atom is -0.482 e. The van der Waals surface area contributed by atoms with Crippen LogP contribution in [0.4, 0.5) is 0 Å². The molecule has 0 aliphatic heterocycles. The van der Waals surface area contributed by atoms with Gasteiger partial charge in [-0.05, 0) is 24.6 Å². The van der Waals surface area contributed by atoms with E-state index in [-0.39, 0.29) is 18.9 Å².